The fourth-order valence-electron chi connectivity index (χ4n) is 18.2. The predicted molar refractivity (Wildman–Crippen MR) is 487 cm³/mol. The van der Waals surface area contributed by atoms with E-state index in [0.717, 1.165) is 150 Å². The van der Waals surface area contributed by atoms with E-state index in [1.165, 1.54) is 27.5 Å². The minimum absolute atomic E-state index is 0.00611. The molecular weight excluding hydrogens is 1380 g/mol. The van der Waals surface area contributed by atoms with Crippen LogP contribution < -0.4 is 26.2 Å². The minimum atomic E-state index is -0.541. The largest absolute Gasteiger partial charge is 0.311 e. The lowest BCUT2D eigenvalue weighted by molar-refractivity contribution is 0.569. The molecule has 5 nitrogen and oxygen atoms in total. The quantitative estimate of drug-likeness (QED) is 0.127. The zero-order valence-electron chi connectivity index (χ0n) is 73.3. The molecule has 3 aromatic heterocycles. The maximum Gasteiger partial charge on any atom is 0.252 e. The molecule has 6 heteroatoms. The predicted octanol–water partition coefficient (Wildman–Crippen LogP) is 27.3. The maximum atomic E-state index is 9.93. The zero-order valence-corrected chi connectivity index (χ0v) is 65.3. The van der Waals surface area contributed by atoms with Crippen LogP contribution in [0.2, 0.25) is 0 Å². The van der Waals surface area contributed by atoms with Gasteiger partial charge in [-0.1, -0.05) is 305 Å². The molecule has 0 atom stereocenters. The molecule has 19 aromatic rings. The Labute approximate surface area is 678 Å². The van der Waals surface area contributed by atoms with Crippen molar-refractivity contribution in [3.05, 3.63) is 374 Å². The number of fused-ring (bicyclic) bond motifs is 13. The van der Waals surface area contributed by atoms with Gasteiger partial charge < -0.3 is 23.5 Å². The van der Waals surface area contributed by atoms with Crippen LogP contribution in [0.1, 0.15) is 90.0 Å². The van der Waals surface area contributed by atoms with E-state index in [2.05, 4.69) is 372 Å². The Bertz CT molecular complexity index is 7340. The summed E-state index contributed by atoms with van der Waals surface area (Å²) in [5.41, 5.74) is 28.1. The summed E-state index contributed by atoms with van der Waals surface area (Å²) < 4.78 is 82.7. The highest BCUT2D eigenvalue weighted by atomic mass is 15.2. The molecule has 5 heterocycles. The Balaban J connectivity index is 0.942. The number of rotatable bonds is 10. The molecule has 0 spiro atoms. The van der Waals surface area contributed by atoms with Gasteiger partial charge in [0.2, 0.25) is 0 Å². The van der Waals surface area contributed by atoms with E-state index in [4.69, 9.17) is 2.74 Å². The number of aromatic nitrogens is 3. The lowest BCUT2D eigenvalue weighted by atomic mass is 9.33. The number of anilines is 6. The normalized spacial score (nSPS) is 13.9. The van der Waals surface area contributed by atoms with Crippen molar-refractivity contribution >= 4 is 123 Å². The van der Waals surface area contributed by atoms with Crippen LogP contribution in [0.4, 0.5) is 34.1 Å². The van der Waals surface area contributed by atoms with Crippen LogP contribution in [0, 0.1) is 0 Å². The minimum Gasteiger partial charge on any atom is -0.311 e. The molecule has 0 aliphatic carbocycles. The Hall–Kier alpha value is -13.4. The first kappa shape index (κ1) is 60.3. The van der Waals surface area contributed by atoms with Crippen molar-refractivity contribution in [2.45, 2.75) is 78.6 Å². The molecule has 0 saturated carbocycles. The second kappa shape index (κ2) is 26.1. The summed E-state index contributed by atoms with van der Waals surface area (Å²) in [6.07, 6.45) is 0. The molecule has 16 aromatic carbocycles. The lowest BCUT2D eigenvalue weighted by Gasteiger charge is -2.45. The van der Waals surface area contributed by atoms with Gasteiger partial charge in [0, 0.05) is 88.9 Å². The van der Waals surface area contributed by atoms with E-state index in [0.29, 0.717) is 5.69 Å². The summed E-state index contributed by atoms with van der Waals surface area (Å²) in [4.78, 5) is 5.03. The fourth-order valence-corrected chi connectivity index (χ4v) is 18.2. The molecule has 21 rings (SSSR count). The van der Waals surface area contributed by atoms with Gasteiger partial charge in [0.05, 0.1) is 49.8 Å². The van der Waals surface area contributed by atoms with Gasteiger partial charge in [0.1, 0.15) is 0 Å². The molecule has 0 saturated heterocycles. The molecule has 2 aliphatic rings. The summed E-state index contributed by atoms with van der Waals surface area (Å²) in [5, 5.41) is 4.62. The molecule has 0 unspecified atom stereocenters. The summed E-state index contributed by atoms with van der Waals surface area (Å²) in [5.74, 6) is 0. The highest BCUT2D eigenvalue weighted by Crippen LogP contribution is 2.54. The third-order valence-corrected chi connectivity index (χ3v) is 23.8. The van der Waals surface area contributed by atoms with E-state index in [9.17, 15) is 8.22 Å². The Morgan fingerprint density at radius 1 is 0.246 bits per heavy atom. The number of hydrogen-bond acceptors (Lipinski definition) is 2. The van der Waals surface area contributed by atoms with Crippen LogP contribution in [-0.4, -0.2) is 20.4 Å². The van der Waals surface area contributed by atoms with Gasteiger partial charge in [0.25, 0.3) is 6.71 Å². The molecule has 114 heavy (non-hydrogen) atoms. The summed E-state index contributed by atoms with van der Waals surface area (Å²) in [6, 6.07) is 110. The monoisotopic (exact) mass is 1470 g/mol. The van der Waals surface area contributed by atoms with Crippen molar-refractivity contribution in [3.8, 4) is 72.7 Å². The second-order valence-corrected chi connectivity index (χ2v) is 33.9. The number of hydrogen-bond donors (Lipinski definition) is 0. The molecule has 546 valence electrons. The van der Waals surface area contributed by atoms with Gasteiger partial charge in [-0.25, -0.2) is 0 Å². The van der Waals surface area contributed by atoms with Crippen LogP contribution in [0.3, 0.4) is 0 Å². The van der Waals surface area contributed by atoms with Crippen molar-refractivity contribution < 1.29 is 11.0 Å². The number of benzene rings is 16. The molecular formula is C108H86BN5. The number of para-hydroxylation sites is 5. The fraction of sp³-hybridized carbons (Fsp3) is 0.111. The van der Waals surface area contributed by atoms with Gasteiger partial charge >= 0.3 is 0 Å². The first-order chi connectivity index (χ1) is 58.8. The maximum absolute atomic E-state index is 9.93. The molecule has 0 N–H and O–H groups in total. The van der Waals surface area contributed by atoms with E-state index >= 15 is 0 Å². The van der Waals surface area contributed by atoms with Crippen molar-refractivity contribution in [1.29, 1.82) is 0 Å². The molecule has 2 aliphatic heterocycles. The van der Waals surface area contributed by atoms with Crippen LogP contribution in [0.25, 0.3) is 138 Å². The molecule has 0 radical (unpaired) electrons. The standard InChI is InChI=1S/C108H86BN5/c1-106(2,3)77-57-75(58-78(63-77)107(4,5)6)76-61-102-104-103(62-76)114(105-89(71-36-18-12-19-37-71)64-79(108(7,8)9)65-90(105)72-38-20-13-21-39-72)101-68-82(112-98-49-31-26-44-88(98)91-66-80(52-55-99(91)112)110-94-45-27-22-40-84(94)85-41-23-28-46-95(85)110)51-54-93(101)109(104)92-53-50-81(111-96-47-29-24-42-86(96)87-43-25-30-48-97(87)111)67-100(92)113(102)83-59-73(69-32-14-10-15-33-69)56-74(60-83)70-34-16-11-17-35-70/h10-68H,1-9H3/i24D,25D,29D,30D,42D,43D,47D,48D. The Kier molecular flexibility index (Phi) is 13.8. The third kappa shape index (κ3) is 11.1. The SMILES string of the molecule is [2H]c1c([2H])c([2H])c2c(c1[2H])c1c([2H])c([2H])c([2H])c([2H])c1n2-c1ccc2c(c1)N(c1cc(-c3ccccc3)cc(-c3ccccc3)c1)c1cc(-c3cc(C(C)(C)C)cc(C(C)(C)C)c3)cc3c1B2c1ccc(-n2c4ccccc4c4cc(-n5c6ccccc6c6ccccc65)ccc42)cc1N3c1c(-c2ccccc2)cc(C(C)(C)C)cc1-c1ccccc1. The van der Waals surface area contributed by atoms with Crippen LogP contribution in [-0.2, 0) is 16.2 Å². The summed E-state index contributed by atoms with van der Waals surface area (Å²) in [6.45, 7) is 20.1. The van der Waals surface area contributed by atoms with Crippen LogP contribution >= 0.6 is 0 Å². The van der Waals surface area contributed by atoms with Gasteiger partial charge in [0.15, 0.2) is 0 Å². The first-order valence-corrected chi connectivity index (χ1v) is 39.6. The Morgan fingerprint density at radius 3 is 1.08 bits per heavy atom. The van der Waals surface area contributed by atoms with Gasteiger partial charge in [-0.15, -0.1) is 0 Å². The lowest BCUT2D eigenvalue weighted by Crippen LogP contribution is -2.61. The highest BCUT2D eigenvalue weighted by molar-refractivity contribution is 7.00. The summed E-state index contributed by atoms with van der Waals surface area (Å²) >= 11 is 0. The van der Waals surface area contributed by atoms with Crippen LogP contribution in [0.15, 0.2) is 358 Å². The van der Waals surface area contributed by atoms with Crippen molar-refractivity contribution in [2.24, 2.45) is 0 Å². The van der Waals surface area contributed by atoms with E-state index < -0.39 is 43.0 Å². The summed E-state index contributed by atoms with van der Waals surface area (Å²) in [7, 11) is 0. The van der Waals surface area contributed by atoms with Gasteiger partial charge in [-0.2, -0.15) is 0 Å². The second-order valence-electron chi connectivity index (χ2n) is 33.9. The smallest absolute Gasteiger partial charge is 0.252 e. The highest BCUT2D eigenvalue weighted by Gasteiger charge is 2.46. The average molecular weight is 1470 g/mol. The third-order valence-electron chi connectivity index (χ3n) is 23.8. The van der Waals surface area contributed by atoms with E-state index in [-0.39, 0.29) is 50.1 Å². The van der Waals surface area contributed by atoms with E-state index in [1.54, 1.807) is 4.57 Å². The average Bonchev–Trinajstić information content (AvgIpc) is 0.802. The number of nitrogens with zero attached hydrogens (tertiary/aromatic N) is 5. The van der Waals surface area contributed by atoms with Gasteiger partial charge in [-0.05, 0) is 209 Å². The molecule has 0 amide bonds. The molecule has 0 bridgehead atoms. The van der Waals surface area contributed by atoms with Crippen molar-refractivity contribution in [3.63, 3.8) is 0 Å². The topological polar surface area (TPSA) is 21.3 Å². The van der Waals surface area contributed by atoms with Crippen LogP contribution in [0.5, 0.6) is 0 Å². The molecule has 0 fully saturated rings. The van der Waals surface area contributed by atoms with E-state index in [1.807, 2.05) is 18.2 Å². The van der Waals surface area contributed by atoms with Gasteiger partial charge in [-0.3, -0.25) is 0 Å². The van der Waals surface area contributed by atoms with Crippen molar-refractivity contribution in [1.82, 2.24) is 13.7 Å². The van der Waals surface area contributed by atoms with Crippen molar-refractivity contribution in [2.75, 3.05) is 9.80 Å². The Morgan fingerprint density at radius 2 is 0.605 bits per heavy atom. The first-order valence-electron chi connectivity index (χ1n) is 43.6. The zero-order chi connectivity index (χ0) is 84.0.